The molecular formula is C27H29BrN2O5. The minimum Gasteiger partial charge on any atom is -0.503 e. The number of ketones is 1. The molecule has 35 heavy (non-hydrogen) atoms. The van der Waals surface area contributed by atoms with Crippen LogP contribution in [0.5, 0.6) is 17.2 Å². The van der Waals surface area contributed by atoms with Crippen molar-refractivity contribution < 1.29 is 24.2 Å². The zero-order valence-corrected chi connectivity index (χ0v) is 22.0. The van der Waals surface area contributed by atoms with Gasteiger partial charge in [-0.2, -0.15) is 0 Å². The van der Waals surface area contributed by atoms with Crippen LogP contribution in [0.4, 0.5) is 5.69 Å². The van der Waals surface area contributed by atoms with Gasteiger partial charge in [0.25, 0.3) is 5.91 Å². The molecule has 184 valence electrons. The Balaban J connectivity index is 1.87. The van der Waals surface area contributed by atoms with Crippen LogP contribution >= 0.6 is 15.9 Å². The predicted molar refractivity (Wildman–Crippen MR) is 138 cm³/mol. The molecule has 0 fully saturated rings. The first-order valence-electron chi connectivity index (χ1n) is 11.3. The number of hydrogen-bond acceptors (Lipinski definition) is 6. The molecule has 4 rings (SSSR count). The molecule has 8 heteroatoms. The van der Waals surface area contributed by atoms with Crippen LogP contribution in [-0.2, 0) is 9.59 Å². The number of hydrogen-bond donors (Lipinski definition) is 3. The van der Waals surface area contributed by atoms with Crippen LogP contribution < -0.4 is 20.1 Å². The van der Waals surface area contributed by atoms with Crippen LogP contribution in [0.3, 0.4) is 0 Å². The summed E-state index contributed by atoms with van der Waals surface area (Å²) >= 11 is 3.39. The molecule has 3 N–H and O–H groups in total. The number of amides is 1. The summed E-state index contributed by atoms with van der Waals surface area (Å²) in [6.45, 7) is 5.97. The number of Topliss-reactive ketones (excluding diaryl/α,β-unsaturated/α-hetero) is 1. The van der Waals surface area contributed by atoms with E-state index in [0.717, 1.165) is 5.70 Å². The molecule has 2 aliphatic rings. The van der Waals surface area contributed by atoms with Crippen molar-refractivity contribution in [3.63, 3.8) is 0 Å². The summed E-state index contributed by atoms with van der Waals surface area (Å²) < 4.78 is 11.2. The van der Waals surface area contributed by atoms with Crippen molar-refractivity contribution in [3.8, 4) is 17.2 Å². The molecule has 0 saturated heterocycles. The molecule has 1 heterocycles. The monoisotopic (exact) mass is 540 g/mol. The fourth-order valence-corrected chi connectivity index (χ4v) is 5.38. The number of anilines is 1. The summed E-state index contributed by atoms with van der Waals surface area (Å²) in [5, 5.41) is 16.7. The van der Waals surface area contributed by atoms with Crippen molar-refractivity contribution in [2.24, 2.45) is 5.41 Å². The number of carbonyl (C=O) groups excluding carboxylic acids is 2. The number of aromatic hydroxyl groups is 1. The highest BCUT2D eigenvalue weighted by Crippen LogP contribution is 2.49. The highest BCUT2D eigenvalue weighted by Gasteiger charge is 2.43. The Kier molecular flexibility index (Phi) is 6.68. The van der Waals surface area contributed by atoms with Crippen molar-refractivity contribution in [3.05, 3.63) is 69.0 Å². The molecule has 1 atom stereocenters. The van der Waals surface area contributed by atoms with E-state index < -0.39 is 5.92 Å². The first-order valence-corrected chi connectivity index (χ1v) is 12.1. The Morgan fingerprint density at radius 1 is 1.14 bits per heavy atom. The maximum absolute atomic E-state index is 13.8. The number of benzene rings is 2. The van der Waals surface area contributed by atoms with Gasteiger partial charge < -0.3 is 25.2 Å². The number of halogens is 1. The third-order valence-electron chi connectivity index (χ3n) is 6.44. The van der Waals surface area contributed by atoms with Gasteiger partial charge in [-0.3, -0.25) is 9.59 Å². The molecule has 1 aliphatic heterocycles. The third-order valence-corrected chi connectivity index (χ3v) is 7.05. The number of rotatable bonds is 5. The first-order chi connectivity index (χ1) is 16.6. The van der Waals surface area contributed by atoms with Crippen molar-refractivity contribution in [1.82, 2.24) is 5.32 Å². The molecule has 1 unspecified atom stereocenters. The smallest absolute Gasteiger partial charge is 0.254 e. The van der Waals surface area contributed by atoms with Gasteiger partial charge in [-0.25, -0.2) is 0 Å². The Bertz CT molecular complexity index is 1280. The van der Waals surface area contributed by atoms with Crippen molar-refractivity contribution in [2.45, 2.75) is 39.5 Å². The maximum Gasteiger partial charge on any atom is 0.254 e. The van der Waals surface area contributed by atoms with E-state index in [-0.39, 0.29) is 28.6 Å². The molecular weight excluding hydrogens is 512 g/mol. The van der Waals surface area contributed by atoms with Crippen molar-refractivity contribution in [2.75, 3.05) is 19.5 Å². The van der Waals surface area contributed by atoms with E-state index in [9.17, 15) is 14.7 Å². The van der Waals surface area contributed by atoms with Crippen LogP contribution in [0.2, 0.25) is 0 Å². The standard InChI is InChI=1S/C27H29BrN2O5/c1-14-22(26(33)30-17-8-6-7-9-20(17)34-4)23(15-10-16(28)25(32)21(11-15)35-5)24-18(29-14)12-27(2,3)13-19(24)31/h6-11,23,29,32H,12-13H2,1-5H3,(H,30,33). The fraction of sp³-hybridized carbons (Fsp3) is 0.333. The Morgan fingerprint density at radius 3 is 2.51 bits per heavy atom. The van der Waals surface area contributed by atoms with Crippen molar-refractivity contribution >= 4 is 33.3 Å². The lowest BCUT2D eigenvalue weighted by atomic mass is 9.68. The average molecular weight is 541 g/mol. The van der Waals surface area contributed by atoms with Crippen molar-refractivity contribution in [1.29, 1.82) is 0 Å². The number of nitrogens with one attached hydrogen (secondary N) is 2. The number of allylic oxidation sites excluding steroid dienone is 3. The lowest BCUT2D eigenvalue weighted by Gasteiger charge is -2.39. The van der Waals surface area contributed by atoms with E-state index >= 15 is 0 Å². The molecule has 1 aliphatic carbocycles. The van der Waals surface area contributed by atoms with Gasteiger partial charge in [0.2, 0.25) is 0 Å². The normalized spacial score (nSPS) is 19.1. The summed E-state index contributed by atoms with van der Waals surface area (Å²) in [6.07, 6.45) is 1.06. The molecule has 0 saturated carbocycles. The SMILES string of the molecule is COc1ccccc1NC(=O)C1=C(C)NC2=C(C(=O)CC(C)(C)C2)C1c1cc(Br)c(O)c(OC)c1. The van der Waals surface area contributed by atoms with E-state index in [2.05, 4.69) is 40.4 Å². The van der Waals surface area contributed by atoms with Gasteiger partial charge in [0.05, 0.1) is 24.4 Å². The average Bonchev–Trinajstić information content (AvgIpc) is 2.79. The van der Waals surface area contributed by atoms with E-state index in [1.54, 1.807) is 31.4 Å². The molecule has 0 spiro atoms. The quantitative estimate of drug-likeness (QED) is 0.468. The Morgan fingerprint density at radius 2 is 1.83 bits per heavy atom. The Labute approximate surface area is 213 Å². The van der Waals surface area contributed by atoms with E-state index in [0.29, 0.717) is 51.2 Å². The molecule has 2 aromatic rings. The summed E-state index contributed by atoms with van der Waals surface area (Å²) in [5.74, 6) is -0.264. The molecule has 0 aromatic heterocycles. The van der Waals surface area contributed by atoms with Gasteiger partial charge in [-0.05, 0) is 64.5 Å². The van der Waals surface area contributed by atoms with Crippen LogP contribution in [0, 0.1) is 5.41 Å². The van der Waals surface area contributed by atoms with E-state index in [1.807, 2.05) is 19.1 Å². The van der Waals surface area contributed by atoms with Crippen LogP contribution in [0.1, 0.15) is 45.1 Å². The van der Waals surface area contributed by atoms with Crippen LogP contribution in [0.15, 0.2) is 63.4 Å². The zero-order chi connectivity index (χ0) is 25.5. The minimum atomic E-state index is -0.643. The largest absolute Gasteiger partial charge is 0.503 e. The number of ether oxygens (including phenoxy) is 2. The Hall–Kier alpha value is -3.26. The number of carbonyl (C=O) groups is 2. The molecule has 7 nitrogen and oxygen atoms in total. The van der Waals surface area contributed by atoms with Gasteiger partial charge in [0.15, 0.2) is 17.3 Å². The molecule has 1 amide bonds. The summed E-state index contributed by atoms with van der Waals surface area (Å²) in [5.41, 5.74) is 3.47. The molecule has 0 bridgehead atoms. The number of phenols is 1. The highest BCUT2D eigenvalue weighted by atomic mass is 79.9. The summed E-state index contributed by atoms with van der Waals surface area (Å²) in [6, 6.07) is 10.6. The predicted octanol–water partition coefficient (Wildman–Crippen LogP) is 5.41. The van der Waals surface area contributed by atoms with Crippen LogP contribution in [0.25, 0.3) is 0 Å². The fourth-order valence-electron chi connectivity index (χ4n) is 4.92. The van der Waals surface area contributed by atoms with Crippen LogP contribution in [-0.4, -0.2) is 31.0 Å². The van der Waals surface area contributed by atoms with E-state index in [4.69, 9.17) is 9.47 Å². The number of dihydropyridines is 1. The van der Waals surface area contributed by atoms with Gasteiger partial charge in [0.1, 0.15) is 5.75 Å². The highest BCUT2D eigenvalue weighted by molar-refractivity contribution is 9.10. The van der Waals surface area contributed by atoms with Gasteiger partial charge >= 0.3 is 0 Å². The second-order valence-electron chi connectivity index (χ2n) is 9.64. The summed E-state index contributed by atoms with van der Waals surface area (Å²) in [4.78, 5) is 27.3. The molecule has 2 aromatic carbocycles. The number of para-hydroxylation sites is 2. The maximum atomic E-state index is 13.8. The molecule has 0 radical (unpaired) electrons. The number of methoxy groups -OCH3 is 2. The first kappa shape index (κ1) is 24.9. The topological polar surface area (TPSA) is 96.9 Å². The van der Waals surface area contributed by atoms with Gasteiger partial charge in [0, 0.05) is 34.9 Å². The second kappa shape index (κ2) is 9.41. The van der Waals surface area contributed by atoms with E-state index in [1.165, 1.54) is 7.11 Å². The van der Waals surface area contributed by atoms with Gasteiger partial charge in [-0.1, -0.05) is 26.0 Å². The lowest BCUT2D eigenvalue weighted by molar-refractivity contribution is -0.118. The minimum absolute atomic E-state index is 0.00740. The summed E-state index contributed by atoms with van der Waals surface area (Å²) in [7, 11) is 3.00. The second-order valence-corrected chi connectivity index (χ2v) is 10.5. The third kappa shape index (κ3) is 4.67. The number of phenolic OH excluding ortho intramolecular Hbond substituents is 1. The van der Waals surface area contributed by atoms with Gasteiger partial charge in [-0.15, -0.1) is 0 Å². The zero-order valence-electron chi connectivity index (χ0n) is 20.4. The lowest BCUT2D eigenvalue weighted by Crippen LogP contribution is -2.39.